The molecule has 3 rings (SSSR count). The SMILES string of the molecule is COC(=O)C(CCC1CCCN1C)c1ccc(C=CC(=O)N(NC(=O)OC(C)(C)C)c2ccccc2)cc1. The standard InChI is InChI=1S/C30H39N3O5/c1-30(2,3)38-29(36)31-33(25-10-7-6-8-11-25)27(34)20-15-22-13-16-23(17-14-22)26(28(35)37-5)19-18-24-12-9-21-32(24)4/h6-8,10-11,13-17,20,24,26H,9,12,18-19,21H2,1-5H3,(H,31,36). The van der Waals surface area contributed by atoms with Crippen LogP contribution in [0.4, 0.5) is 10.5 Å². The zero-order chi connectivity index (χ0) is 27.7. The molecule has 1 aliphatic rings. The molecule has 0 radical (unpaired) electrons. The normalized spacial score (nSPS) is 16.7. The first-order valence-electron chi connectivity index (χ1n) is 13.0. The van der Waals surface area contributed by atoms with Gasteiger partial charge in [-0.05, 0) is 89.4 Å². The molecule has 2 amide bonds. The van der Waals surface area contributed by atoms with Gasteiger partial charge in [0.2, 0.25) is 0 Å². The van der Waals surface area contributed by atoms with Crippen molar-refractivity contribution in [1.82, 2.24) is 10.3 Å². The van der Waals surface area contributed by atoms with Crippen molar-refractivity contribution in [2.75, 3.05) is 25.7 Å². The van der Waals surface area contributed by atoms with Crippen LogP contribution in [-0.4, -0.2) is 55.2 Å². The van der Waals surface area contributed by atoms with Crippen molar-refractivity contribution in [3.8, 4) is 0 Å². The molecule has 8 heteroatoms. The molecule has 38 heavy (non-hydrogen) atoms. The number of likely N-dealkylation sites (tertiary alicyclic amines) is 1. The molecule has 2 unspecified atom stereocenters. The van der Waals surface area contributed by atoms with E-state index in [1.807, 2.05) is 30.3 Å². The lowest BCUT2D eigenvalue weighted by molar-refractivity contribution is -0.142. The van der Waals surface area contributed by atoms with Gasteiger partial charge < -0.3 is 14.4 Å². The van der Waals surface area contributed by atoms with E-state index in [2.05, 4.69) is 17.4 Å². The zero-order valence-corrected chi connectivity index (χ0v) is 23.0. The highest BCUT2D eigenvalue weighted by molar-refractivity contribution is 6.04. The van der Waals surface area contributed by atoms with E-state index in [0.29, 0.717) is 11.7 Å². The molecule has 0 saturated carbocycles. The number of rotatable bonds is 8. The van der Waals surface area contributed by atoms with E-state index in [1.54, 1.807) is 51.1 Å². The molecule has 8 nitrogen and oxygen atoms in total. The first kappa shape index (κ1) is 28.9. The van der Waals surface area contributed by atoms with Gasteiger partial charge in [-0.1, -0.05) is 42.5 Å². The lowest BCUT2D eigenvalue weighted by Gasteiger charge is -2.25. The Hall–Kier alpha value is -3.65. The number of hydrogen-bond donors (Lipinski definition) is 1. The second kappa shape index (κ2) is 13.2. The topological polar surface area (TPSA) is 88.2 Å². The fourth-order valence-electron chi connectivity index (χ4n) is 4.56. The van der Waals surface area contributed by atoms with Crippen LogP contribution in [0.3, 0.4) is 0 Å². The average molecular weight is 522 g/mol. The second-order valence-corrected chi connectivity index (χ2v) is 10.6. The van der Waals surface area contributed by atoms with Crippen LogP contribution in [0.1, 0.15) is 63.5 Å². The summed E-state index contributed by atoms with van der Waals surface area (Å²) in [5.74, 6) is -1.02. The van der Waals surface area contributed by atoms with Crippen LogP contribution < -0.4 is 10.4 Å². The van der Waals surface area contributed by atoms with Crippen molar-refractivity contribution in [3.63, 3.8) is 0 Å². The minimum atomic E-state index is -0.731. The van der Waals surface area contributed by atoms with Gasteiger partial charge in [-0.3, -0.25) is 9.59 Å². The Balaban J connectivity index is 1.70. The minimum Gasteiger partial charge on any atom is -0.469 e. The molecular weight excluding hydrogens is 482 g/mol. The highest BCUT2D eigenvalue weighted by Crippen LogP contribution is 2.28. The Morgan fingerprint density at radius 3 is 2.37 bits per heavy atom. The smallest absolute Gasteiger partial charge is 0.427 e. The summed E-state index contributed by atoms with van der Waals surface area (Å²) in [6.07, 6.45) is 6.32. The lowest BCUT2D eigenvalue weighted by Crippen LogP contribution is -2.47. The van der Waals surface area contributed by atoms with Crippen molar-refractivity contribution < 1.29 is 23.9 Å². The quantitative estimate of drug-likeness (QED) is 0.288. The van der Waals surface area contributed by atoms with E-state index in [9.17, 15) is 14.4 Å². The van der Waals surface area contributed by atoms with Crippen molar-refractivity contribution >= 4 is 29.7 Å². The van der Waals surface area contributed by atoms with Crippen LogP contribution >= 0.6 is 0 Å². The van der Waals surface area contributed by atoms with Gasteiger partial charge in [0.15, 0.2) is 0 Å². The predicted octanol–water partition coefficient (Wildman–Crippen LogP) is 5.30. The van der Waals surface area contributed by atoms with E-state index in [0.717, 1.165) is 41.9 Å². The summed E-state index contributed by atoms with van der Waals surface area (Å²) in [6.45, 7) is 6.36. The molecule has 0 aromatic heterocycles. The fraction of sp³-hybridized carbons (Fsp3) is 0.433. The van der Waals surface area contributed by atoms with Crippen LogP contribution in [0.15, 0.2) is 60.7 Å². The van der Waals surface area contributed by atoms with E-state index >= 15 is 0 Å². The Morgan fingerprint density at radius 2 is 1.79 bits per heavy atom. The molecule has 0 aliphatic carbocycles. The van der Waals surface area contributed by atoms with Crippen LogP contribution in [0.25, 0.3) is 6.08 Å². The summed E-state index contributed by atoms with van der Waals surface area (Å²) < 4.78 is 10.4. The fourth-order valence-corrected chi connectivity index (χ4v) is 4.56. The summed E-state index contributed by atoms with van der Waals surface area (Å²) in [6, 6.07) is 16.8. The summed E-state index contributed by atoms with van der Waals surface area (Å²) in [5, 5.41) is 1.15. The number of nitrogens with zero attached hydrogens (tertiary/aromatic N) is 2. The molecule has 0 spiro atoms. The summed E-state index contributed by atoms with van der Waals surface area (Å²) in [4.78, 5) is 40.3. The molecule has 1 heterocycles. The molecular formula is C30H39N3O5. The maximum atomic E-state index is 13.1. The number of benzene rings is 2. The number of esters is 1. The number of carbonyl (C=O) groups is 3. The third-order valence-electron chi connectivity index (χ3n) is 6.54. The van der Waals surface area contributed by atoms with Gasteiger partial charge >= 0.3 is 12.1 Å². The number of methoxy groups -OCH3 is 1. The van der Waals surface area contributed by atoms with Crippen molar-refractivity contribution in [2.45, 2.75) is 64.0 Å². The highest BCUT2D eigenvalue weighted by Gasteiger charge is 2.26. The Bertz CT molecular complexity index is 1110. The number of hydrogen-bond acceptors (Lipinski definition) is 6. The Kier molecular flexibility index (Phi) is 10.1. The Labute approximate surface area is 225 Å². The van der Waals surface area contributed by atoms with Crippen LogP contribution in [0, 0.1) is 0 Å². The summed E-state index contributed by atoms with van der Waals surface area (Å²) >= 11 is 0. The summed E-state index contributed by atoms with van der Waals surface area (Å²) in [7, 11) is 3.55. The van der Waals surface area contributed by atoms with E-state index in [1.165, 1.54) is 19.6 Å². The van der Waals surface area contributed by atoms with Gasteiger partial charge in [-0.25, -0.2) is 15.2 Å². The number of anilines is 1. The molecule has 2 aromatic rings. The lowest BCUT2D eigenvalue weighted by atomic mass is 9.91. The number of hydrazine groups is 1. The zero-order valence-electron chi connectivity index (χ0n) is 23.0. The molecule has 1 saturated heterocycles. The molecule has 1 N–H and O–H groups in total. The van der Waals surface area contributed by atoms with Gasteiger partial charge in [0.05, 0.1) is 18.7 Å². The molecule has 0 bridgehead atoms. The summed E-state index contributed by atoms with van der Waals surface area (Å²) in [5.41, 5.74) is 3.99. The van der Waals surface area contributed by atoms with Crippen molar-refractivity contribution in [2.24, 2.45) is 0 Å². The number of nitrogens with one attached hydrogen (secondary N) is 1. The van der Waals surface area contributed by atoms with Crippen molar-refractivity contribution in [3.05, 3.63) is 71.8 Å². The molecule has 1 fully saturated rings. The minimum absolute atomic E-state index is 0.240. The largest absolute Gasteiger partial charge is 0.469 e. The van der Waals surface area contributed by atoms with Crippen LogP contribution in [-0.2, 0) is 19.1 Å². The molecule has 2 aromatic carbocycles. The van der Waals surface area contributed by atoms with Crippen LogP contribution in [0.5, 0.6) is 0 Å². The van der Waals surface area contributed by atoms with Crippen molar-refractivity contribution in [1.29, 1.82) is 0 Å². The second-order valence-electron chi connectivity index (χ2n) is 10.6. The van der Waals surface area contributed by atoms with Gasteiger partial charge in [-0.15, -0.1) is 0 Å². The first-order chi connectivity index (χ1) is 18.1. The first-order valence-corrected chi connectivity index (χ1v) is 13.0. The third-order valence-corrected chi connectivity index (χ3v) is 6.54. The highest BCUT2D eigenvalue weighted by atomic mass is 16.6. The Morgan fingerprint density at radius 1 is 1.11 bits per heavy atom. The van der Waals surface area contributed by atoms with Gasteiger partial charge in [0, 0.05) is 12.1 Å². The van der Waals surface area contributed by atoms with Gasteiger partial charge in [0.1, 0.15) is 5.60 Å². The average Bonchev–Trinajstić information content (AvgIpc) is 3.30. The molecule has 1 aliphatic heterocycles. The monoisotopic (exact) mass is 521 g/mol. The van der Waals surface area contributed by atoms with Gasteiger partial charge in [-0.2, -0.15) is 0 Å². The van der Waals surface area contributed by atoms with Gasteiger partial charge in [0.25, 0.3) is 5.91 Å². The van der Waals surface area contributed by atoms with E-state index < -0.39 is 17.6 Å². The third kappa shape index (κ3) is 8.45. The van der Waals surface area contributed by atoms with Crippen LogP contribution in [0.2, 0.25) is 0 Å². The maximum absolute atomic E-state index is 13.1. The molecule has 204 valence electrons. The number of ether oxygens (including phenoxy) is 2. The maximum Gasteiger partial charge on any atom is 0.427 e. The van der Waals surface area contributed by atoms with E-state index in [-0.39, 0.29) is 11.9 Å². The molecule has 2 atom stereocenters. The number of amides is 2. The predicted molar refractivity (Wildman–Crippen MR) is 148 cm³/mol. The number of carbonyl (C=O) groups excluding carboxylic acids is 3. The van der Waals surface area contributed by atoms with E-state index in [4.69, 9.17) is 9.47 Å². The number of para-hydroxylation sites is 1.